The molecule has 0 amide bonds. The smallest absolute Gasteiger partial charge is 0.120 e. The minimum Gasteiger partial charge on any atom is -0.489 e. The normalized spacial score (nSPS) is 14.3. The van der Waals surface area contributed by atoms with Crippen molar-refractivity contribution in [3.63, 3.8) is 0 Å². The zero-order valence-electron chi connectivity index (χ0n) is 12.0. The molecule has 0 saturated heterocycles. The van der Waals surface area contributed by atoms with Crippen LogP contribution in [0.2, 0.25) is 0 Å². The summed E-state index contributed by atoms with van der Waals surface area (Å²) in [6, 6.07) is 4.71. The van der Waals surface area contributed by atoms with E-state index in [-0.39, 0.29) is 6.10 Å². The highest BCUT2D eigenvalue weighted by molar-refractivity contribution is 9.10. The zero-order chi connectivity index (χ0) is 13.7. The molecule has 2 unspecified atom stereocenters. The van der Waals surface area contributed by atoms with Gasteiger partial charge in [0.2, 0.25) is 0 Å². The Morgan fingerprint density at radius 1 is 1.22 bits per heavy atom. The molecular formula is C15H24BrNO. The summed E-state index contributed by atoms with van der Waals surface area (Å²) in [5, 5.41) is 3.46. The lowest BCUT2D eigenvalue weighted by molar-refractivity contribution is 0.212. The largest absolute Gasteiger partial charge is 0.489 e. The summed E-state index contributed by atoms with van der Waals surface area (Å²) in [4.78, 5) is 0. The van der Waals surface area contributed by atoms with E-state index < -0.39 is 0 Å². The van der Waals surface area contributed by atoms with E-state index in [1.807, 2.05) is 0 Å². The van der Waals surface area contributed by atoms with E-state index in [0.717, 1.165) is 18.7 Å². The minimum atomic E-state index is 0.180. The van der Waals surface area contributed by atoms with Crippen molar-refractivity contribution in [2.45, 2.75) is 53.2 Å². The van der Waals surface area contributed by atoms with Gasteiger partial charge in [0.05, 0.1) is 0 Å². The molecule has 3 heteroatoms. The molecule has 0 saturated carbocycles. The summed E-state index contributed by atoms with van der Waals surface area (Å²) in [5.74, 6) is 0.951. The van der Waals surface area contributed by atoms with E-state index in [1.165, 1.54) is 15.6 Å². The molecule has 0 radical (unpaired) electrons. The van der Waals surface area contributed by atoms with Gasteiger partial charge in [0.15, 0.2) is 0 Å². The Balaban J connectivity index is 2.57. The van der Waals surface area contributed by atoms with Crippen LogP contribution in [0.3, 0.4) is 0 Å². The number of halogens is 1. The second kappa shape index (κ2) is 7.15. The van der Waals surface area contributed by atoms with Crippen molar-refractivity contribution in [2.24, 2.45) is 0 Å². The topological polar surface area (TPSA) is 21.3 Å². The summed E-state index contributed by atoms with van der Waals surface area (Å²) in [6.45, 7) is 11.5. The highest BCUT2D eigenvalue weighted by Crippen LogP contribution is 2.26. The summed E-state index contributed by atoms with van der Waals surface area (Å²) < 4.78 is 7.11. The third-order valence-electron chi connectivity index (χ3n) is 3.11. The lowest BCUT2D eigenvalue weighted by Gasteiger charge is -2.19. The molecule has 0 heterocycles. The molecule has 0 aliphatic heterocycles. The number of ether oxygens (including phenoxy) is 1. The molecule has 0 bridgehead atoms. The fraction of sp³-hybridized carbons (Fsp3) is 0.600. The lowest BCUT2D eigenvalue weighted by atomic mass is 10.1. The van der Waals surface area contributed by atoms with E-state index in [0.29, 0.717) is 6.04 Å². The van der Waals surface area contributed by atoms with Crippen molar-refractivity contribution in [1.29, 1.82) is 0 Å². The highest BCUT2D eigenvalue weighted by atomic mass is 79.9. The molecule has 0 spiro atoms. The SMILES string of the molecule is CCC(C)NCC(C)Oc1cc(C)c(Br)c(C)c1. The highest BCUT2D eigenvalue weighted by Gasteiger charge is 2.08. The Hall–Kier alpha value is -0.540. The van der Waals surface area contributed by atoms with Crippen LogP contribution >= 0.6 is 15.9 Å². The van der Waals surface area contributed by atoms with Crippen molar-refractivity contribution in [3.05, 3.63) is 27.7 Å². The third kappa shape index (κ3) is 4.62. The van der Waals surface area contributed by atoms with Gasteiger partial charge in [-0.15, -0.1) is 0 Å². The Kier molecular flexibility index (Phi) is 6.16. The van der Waals surface area contributed by atoms with Gasteiger partial charge in [-0.1, -0.05) is 22.9 Å². The standard InChI is InChI=1S/C15H24BrNO/c1-6-12(4)17-9-13(5)18-14-7-10(2)15(16)11(3)8-14/h7-8,12-13,17H,6,9H2,1-5H3. The van der Waals surface area contributed by atoms with Gasteiger partial charge in [-0.25, -0.2) is 0 Å². The molecule has 0 fully saturated rings. The zero-order valence-corrected chi connectivity index (χ0v) is 13.6. The first-order valence-electron chi connectivity index (χ1n) is 6.60. The van der Waals surface area contributed by atoms with Crippen LogP contribution in [0.25, 0.3) is 0 Å². The molecule has 18 heavy (non-hydrogen) atoms. The van der Waals surface area contributed by atoms with Crippen molar-refractivity contribution >= 4 is 15.9 Å². The lowest BCUT2D eigenvalue weighted by Crippen LogP contribution is -2.34. The van der Waals surface area contributed by atoms with Crippen LogP contribution in [-0.4, -0.2) is 18.7 Å². The van der Waals surface area contributed by atoms with Gasteiger partial charge in [0, 0.05) is 17.1 Å². The molecule has 0 aromatic heterocycles. The molecule has 1 rings (SSSR count). The van der Waals surface area contributed by atoms with Crippen LogP contribution in [0.15, 0.2) is 16.6 Å². The fourth-order valence-electron chi connectivity index (χ4n) is 1.76. The maximum absolute atomic E-state index is 5.94. The number of nitrogens with one attached hydrogen (secondary N) is 1. The minimum absolute atomic E-state index is 0.180. The number of aryl methyl sites for hydroxylation is 2. The number of benzene rings is 1. The molecule has 1 aromatic carbocycles. The van der Waals surface area contributed by atoms with Gasteiger partial charge in [-0.05, 0) is 57.4 Å². The Morgan fingerprint density at radius 3 is 2.28 bits per heavy atom. The van der Waals surface area contributed by atoms with Gasteiger partial charge >= 0.3 is 0 Å². The first-order valence-corrected chi connectivity index (χ1v) is 7.40. The molecule has 2 atom stereocenters. The van der Waals surface area contributed by atoms with Crippen LogP contribution in [-0.2, 0) is 0 Å². The summed E-state index contributed by atoms with van der Waals surface area (Å²) in [5.41, 5.74) is 2.43. The van der Waals surface area contributed by atoms with Crippen molar-refractivity contribution in [3.8, 4) is 5.75 Å². The van der Waals surface area contributed by atoms with E-state index in [4.69, 9.17) is 4.74 Å². The predicted molar refractivity (Wildman–Crippen MR) is 81.5 cm³/mol. The van der Waals surface area contributed by atoms with E-state index in [2.05, 4.69) is 68.0 Å². The van der Waals surface area contributed by atoms with Gasteiger partial charge in [0.25, 0.3) is 0 Å². The van der Waals surface area contributed by atoms with Crippen LogP contribution in [0.5, 0.6) is 5.75 Å². The molecule has 0 aliphatic carbocycles. The van der Waals surface area contributed by atoms with E-state index in [9.17, 15) is 0 Å². The Labute approximate surface area is 119 Å². The van der Waals surface area contributed by atoms with Crippen LogP contribution in [0.1, 0.15) is 38.3 Å². The maximum Gasteiger partial charge on any atom is 0.120 e. The van der Waals surface area contributed by atoms with Crippen molar-refractivity contribution in [1.82, 2.24) is 5.32 Å². The average molecular weight is 314 g/mol. The molecule has 102 valence electrons. The fourth-order valence-corrected chi connectivity index (χ4v) is 1.99. The average Bonchev–Trinajstić information content (AvgIpc) is 2.32. The molecule has 1 N–H and O–H groups in total. The molecular weight excluding hydrogens is 290 g/mol. The van der Waals surface area contributed by atoms with Crippen LogP contribution < -0.4 is 10.1 Å². The predicted octanol–water partition coefficient (Wildman–Crippen LogP) is 4.22. The molecule has 0 aliphatic rings. The van der Waals surface area contributed by atoms with Crippen molar-refractivity contribution in [2.75, 3.05) is 6.54 Å². The maximum atomic E-state index is 5.94. The number of rotatable bonds is 6. The summed E-state index contributed by atoms with van der Waals surface area (Å²) in [6.07, 6.45) is 1.32. The Bertz CT molecular complexity index is 369. The van der Waals surface area contributed by atoms with Crippen molar-refractivity contribution < 1.29 is 4.74 Å². The van der Waals surface area contributed by atoms with Gasteiger partial charge in [-0.2, -0.15) is 0 Å². The van der Waals surface area contributed by atoms with Gasteiger partial charge in [-0.3, -0.25) is 0 Å². The third-order valence-corrected chi connectivity index (χ3v) is 4.36. The summed E-state index contributed by atoms with van der Waals surface area (Å²) >= 11 is 3.57. The monoisotopic (exact) mass is 313 g/mol. The molecule has 2 nitrogen and oxygen atoms in total. The quantitative estimate of drug-likeness (QED) is 0.849. The van der Waals surface area contributed by atoms with Gasteiger partial charge in [0.1, 0.15) is 11.9 Å². The summed E-state index contributed by atoms with van der Waals surface area (Å²) in [7, 11) is 0. The van der Waals surface area contributed by atoms with Crippen LogP contribution in [0.4, 0.5) is 0 Å². The number of hydrogen-bond acceptors (Lipinski definition) is 2. The van der Waals surface area contributed by atoms with Gasteiger partial charge < -0.3 is 10.1 Å². The second-order valence-electron chi connectivity index (χ2n) is 5.02. The van der Waals surface area contributed by atoms with E-state index in [1.54, 1.807) is 0 Å². The Morgan fingerprint density at radius 2 is 1.78 bits per heavy atom. The first-order chi connectivity index (χ1) is 8.43. The first kappa shape index (κ1) is 15.5. The number of hydrogen-bond donors (Lipinski definition) is 1. The van der Waals surface area contributed by atoms with E-state index >= 15 is 0 Å². The molecule has 1 aromatic rings. The second-order valence-corrected chi connectivity index (χ2v) is 5.81. The van der Waals surface area contributed by atoms with Crippen LogP contribution in [0, 0.1) is 13.8 Å².